The van der Waals surface area contributed by atoms with Crippen LogP contribution in [0.3, 0.4) is 0 Å². The van der Waals surface area contributed by atoms with Crippen LogP contribution < -0.4 is 6.15 Å². The molecule has 0 fully saturated rings. The lowest BCUT2D eigenvalue weighted by Crippen LogP contribution is -1.86. The van der Waals surface area contributed by atoms with Crippen LogP contribution in [0.25, 0.3) is 0 Å². The summed E-state index contributed by atoms with van der Waals surface area (Å²) in [6.07, 6.45) is 16.6. The van der Waals surface area contributed by atoms with Crippen molar-refractivity contribution < 1.29 is 0 Å². The average Bonchev–Trinajstić information content (AvgIpc) is 2.56. The highest BCUT2D eigenvalue weighted by Gasteiger charge is 1.95. The topological polar surface area (TPSA) is 35.0 Å². The molecule has 0 atom stereocenters. The van der Waals surface area contributed by atoms with Crippen molar-refractivity contribution in [3.63, 3.8) is 0 Å². The van der Waals surface area contributed by atoms with Crippen LogP contribution in [-0.2, 0) is 6.42 Å². The molecule has 0 saturated carbocycles. The lowest BCUT2D eigenvalue weighted by Gasteiger charge is -2.03. The molecule has 1 aromatic rings. The van der Waals surface area contributed by atoms with Gasteiger partial charge in [-0.05, 0) is 42.8 Å². The number of thioether (sulfide) groups is 1. The van der Waals surface area contributed by atoms with Gasteiger partial charge in [-0.3, -0.25) is 0 Å². The van der Waals surface area contributed by atoms with Crippen molar-refractivity contribution in [2.45, 2.75) is 77.0 Å². The van der Waals surface area contributed by atoms with Gasteiger partial charge in [-0.25, -0.2) is 0 Å². The van der Waals surface area contributed by atoms with Gasteiger partial charge in [0.05, 0.1) is 0 Å². The van der Waals surface area contributed by atoms with Crippen LogP contribution in [0.4, 0.5) is 0 Å². The molecule has 0 aliphatic heterocycles. The van der Waals surface area contributed by atoms with E-state index in [0.29, 0.717) is 0 Å². The molecule has 3 N–H and O–H groups in total. The van der Waals surface area contributed by atoms with Crippen molar-refractivity contribution in [3.05, 3.63) is 42.8 Å². The minimum atomic E-state index is 0. The molecule has 2 heteroatoms. The Labute approximate surface area is 149 Å². The predicted octanol–water partition coefficient (Wildman–Crippen LogP) is 7.25. The van der Waals surface area contributed by atoms with Crippen LogP contribution >= 0.6 is 11.8 Å². The number of unbranched alkanes of at least 4 members (excludes halogenated alkanes) is 9. The fourth-order valence-corrected chi connectivity index (χ4v) is 3.61. The highest BCUT2D eigenvalue weighted by Crippen LogP contribution is 2.13. The zero-order valence-corrected chi connectivity index (χ0v) is 15.9. The predicted molar refractivity (Wildman–Crippen MR) is 109 cm³/mol. The smallest absolute Gasteiger partial charge is 0.00675 e. The molecule has 0 amide bonds. The van der Waals surface area contributed by atoms with Gasteiger partial charge in [0, 0.05) is 0 Å². The van der Waals surface area contributed by atoms with E-state index in [9.17, 15) is 0 Å². The van der Waals surface area contributed by atoms with Crippen LogP contribution in [0.1, 0.15) is 76.2 Å². The van der Waals surface area contributed by atoms with E-state index in [2.05, 4.69) is 49.0 Å². The molecular formula is C21H38NS. The first-order valence-electron chi connectivity index (χ1n) is 9.34. The Balaban J connectivity index is 0.00000484. The first-order chi connectivity index (χ1) is 10.9. The largest absolute Gasteiger partial charge is 0.344 e. The molecule has 23 heavy (non-hydrogen) atoms. The molecular weight excluding hydrogens is 298 g/mol. The number of aryl methyl sites for hydroxylation is 1. The van der Waals surface area contributed by atoms with Crippen LogP contribution in [0.2, 0.25) is 0 Å². The van der Waals surface area contributed by atoms with E-state index in [1.54, 1.807) is 0 Å². The number of rotatable bonds is 15. The summed E-state index contributed by atoms with van der Waals surface area (Å²) >= 11 is 2.07. The summed E-state index contributed by atoms with van der Waals surface area (Å²) in [5, 5.41) is 0. The second-order valence-electron chi connectivity index (χ2n) is 6.24. The second-order valence-corrected chi connectivity index (χ2v) is 7.46. The van der Waals surface area contributed by atoms with Gasteiger partial charge in [0.15, 0.2) is 0 Å². The van der Waals surface area contributed by atoms with Crippen LogP contribution in [0.5, 0.6) is 0 Å². The summed E-state index contributed by atoms with van der Waals surface area (Å²) in [6.45, 7) is 3.87. The lowest BCUT2D eigenvalue weighted by molar-refractivity contribution is 0.557. The maximum Gasteiger partial charge on any atom is -0.00675 e. The molecule has 1 radical (unpaired) electrons. The van der Waals surface area contributed by atoms with E-state index < -0.39 is 0 Å². The first-order valence-corrected chi connectivity index (χ1v) is 10.5. The van der Waals surface area contributed by atoms with Gasteiger partial charge in [-0.2, -0.15) is 11.8 Å². The van der Waals surface area contributed by atoms with Crippen molar-refractivity contribution in [2.75, 3.05) is 11.5 Å². The van der Waals surface area contributed by atoms with E-state index in [1.807, 2.05) is 0 Å². The normalized spacial score (nSPS) is 10.5. The van der Waals surface area contributed by atoms with Gasteiger partial charge in [-0.15, -0.1) is 0 Å². The summed E-state index contributed by atoms with van der Waals surface area (Å²) in [5.74, 6) is 2.58. The molecule has 0 unspecified atom stereocenters. The highest BCUT2D eigenvalue weighted by molar-refractivity contribution is 7.99. The Morgan fingerprint density at radius 3 is 1.74 bits per heavy atom. The van der Waals surface area contributed by atoms with Crippen LogP contribution in [-0.4, -0.2) is 11.5 Å². The number of benzene rings is 1. The fraction of sp³-hybridized carbons (Fsp3) is 0.667. The van der Waals surface area contributed by atoms with Crippen molar-refractivity contribution in [1.82, 2.24) is 6.15 Å². The molecule has 0 aromatic heterocycles. The van der Waals surface area contributed by atoms with Crippen molar-refractivity contribution in [2.24, 2.45) is 0 Å². The monoisotopic (exact) mass is 336 g/mol. The zero-order valence-electron chi connectivity index (χ0n) is 15.1. The van der Waals surface area contributed by atoms with Gasteiger partial charge >= 0.3 is 0 Å². The third-order valence-electron chi connectivity index (χ3n) is 4.14. The fourth-order valence-electron chi connectivity index (χ4n) is 2.80. The Kier molecular flexibility index (Phi) is 17.5. The van der Waals surface area contributed by atoms with E-state index in [4.69, 9.17) is 0 Å². The maximum absolute atomic E-state index is 3.87. The minimum Gasteiger partial charge on any atom is -0.344 e. The van der Waals surface area contributed by atoms with Crippen molar-refractivity contribution in [1.29, 1.82) is 0 Å². The SMILES string of the molecule is N.[CH2]CCSCCCCCCCCCCCCc1ccccc1. The van der Waals surface area contributed by atoms with Crippen molar-refractivity contribution in [3.8, 4) is 0 Å². The summed E-state index contributed by atoms with van der Waals surface area (Å²) in [7, 11) is 0. The Hall–Kier alpha value is -0.470. The molecule has 1 rings (SSSR count). The summed E-state index contributed by atoms with van der Waals surface area (Å²) in [6, 6.07) is 10.9. The standard InChI is InChI=1S/C21H35S.H3N/c1-2-19-22-20-15-10-8-6-4-3-5-7-9-12-16-21-17-13-11-14-18-21;/h11,13-14,17-18H,1-10,12,15-16,19-20H2;1H3. The van der Waals surface area contributed by atoms with E-state index >= 15 is 0 Å². The van der Waals surface area contributed by atoms with Gasteiger partial charge < -0.3 is 6.15 Å². The first kappa shape index (κ1) is 22.5. The molecule has 0 aliphatic carbocycles. The van der Waals surface area contributed by atoms with Gasteiger partial charge in [0.1, 0.15) is 0 Å². The van der Waals surface area contributed by atoms with E-state index in [-0.39, 0.29) is 6.15 Å². The molecule has 0 spiro atoms. The van der Waals surface area contributed by atoms with Crippen LogP contribution in [0.15, 0.2) is 30.3 Å². The minimum absolute atomic E-state index is 0. The summed E-state index contributed by atoms with van der Waals surface area (Å²) in [5.41, 5.74) is 1.50. The van der Waals surface area contributed by atoms with Gasteiger partial charge in [0.2, 0.25) is 0 Å². The van der Waals surface area contributed by atoms with Gasteiger partial charge in [0.25, 0.3) is 0 Å². The van der Waals surface area contributed by atoms with E-state index in [1.165, 1.54) is 87.7 Å². The summed E-state index contributed by atoms with van der Waals surface area (Å²) < 4.78 is 0. The lowest BCUT2D eigenvalue weighted by atomic mass is 10.0. The third-order valence-corrected chi connectivity index (χ3v) is 5.29. The Morgan fingerprint density at radius 1 is 0.652 bits per heavy atom. The average molecular weight is 337 g/mol. The van der Waals surface area contributed by atoms with Crippen LogP contribution in [0, 0.1) is 6.92 Å². The highest BCUT2D eigenvalue weighted by atomic mass is 32.2. The molecule has 0 bridgehead atoms. The number of hydrogen-bond donors (Lipinski definition) is 1. The molecule has 0 aliphatic rings. The molecule has 1 nitrogen and oxygen atoms in total. The quantitative estimate of drug-likeness (QED) is 0.342. The molecule has 133 valence electrons. The second kappa shape index (κ2) is 17.9. The molecule has 0 saturated heterocycles. The molecule has 0 heterocycles. The van der Waals surface area contributed by atoms with E-state index in [0.717, 1.165) is 6.42 Å². The Bertz CT molecular complexity index is 326. The third kappa shape index (κ3) is 14.8. The molecule has 1 aromatic carbocycles. The Morgan fingerprint density at radius 2 is 1.17 bits per heavy atom. The van der Waals surface area contributed by atoms with Crippen molar-refractivity contribution >= 4 is 11.8 Å². The zero-order chi connectivity index (χ0) is 15.7. The number of hydrogen-bond acceptors (Lipinski definition) is 2. The maximum atomic E-state index is 3.87. The summed E-state index contributed by atoms with van der Waals surface area (Å²) in [4.78, 5) is 0. The van der Waals surface area contributed by atoms with Gasteiger partial charge in [-0.1, -0.05) is 88.6 Å².